The Morgan fingerprint density at radius 3 is 1.67 bits per heavy atom. The van der Waals surface area contributed by atoms with Gasteiger partial charge < -0.3 is 0 Å². The normalized spacial score (nSPS) is 13.1. The standard InChI is InChI=1S/C48H45NO2S4/c1-4-5-6-7-8-9-10-11-12-13-26-49-47(50)41-42(48(49)51)46(55-45(41)39-23-15-30(3)52-39)40-25-24-38(53-40)33-18-20-35-32(28-33)17-22-37-36-21-16-31-27-29(2)14-19-34(31)43(36)54-44(35)37/h14-25,27-28H,4-13,26H2,1-3H3. The number of amides is 2. The second-order valence-electron chi connectivity index (χ2n) is 15.2. The van der Waals surface area contributed by atoms with Crippen LogP contribution < -0.4 is 0 Å². The van der Waals surface area contributed by atoms with Crippen molar-refractivity contribution in [2.75, 3.05) is 6.54 Å². The second kappa shape index (κ2) is 15.4. The van der Waals surface area contributed by atoms with E-state index < -0.39 is 0 Å². The van der Waals surface area contributed by atoms with Crippen LogP contribution in [0.1, 0.15) is 102 Å². The number of carbonyl (C=O) groups is 2. The number of aryl methyl sites for hydroxylation is 2. The first-order valence-corrected chi connectivity index (χ1v) is 23.1. The molecule has 8 aromatic rings. The molecule has 0 saturated heterocycles. The highest BCUT2D eigenvalue weighted by molar-refractivity contribution is 7.28. The number of carbonyl (C=O) groups excluding carboxylic acids is 2. The topological polar surface area (TPSA) is 37.4 Å². The first-order valence-electron chi connectivity index (χ1n) is 19.9. The van der Waals surface area contributed by atoms with E-state index in [2.05, 4.69) is 106 Å². The van der Waals surface area contributed by atoms with Gasteiger partial charge in [-0.1, -0.05) is 125 Å². The van der Waals surface area contributed by atoms with Gasteiger partial charge in [0.15, 0.2) is 0 Å². The number of unbranched alkanes of at least 4 members (excludes halogenated alkanes) is 9. The van der Waals surface area contributed by atoms with Crippen LogP contribution in [0.25, 0.3) is 71.7 Å². The number of hydrogen-bond acceptors (Lipinski definition) is 6. The van der Waals surface area contributed by atoms with Gasteiger partial charge in [-0.05, 0) is 77.7 Å². The van der Waals surface area contributed by atoms with Crippen molar-refractivity contribution in [3.8, 4) is 29.9 Å². The van der Waals surface area contributed by atoms with E-state index in [0.29, 0.717) is 17.7 Å². The molecule has 4 aromatic heterocycles. The van der Waals surface area contributed by atoms with Gasteiger partial charge in [-0.25, -0.2) is 0 Å². The third-order valence-electron chi connectivity index (χ3n) is 11.2. The SMILES string of the molecule is CCCCCCCCCCCCN1C(=O)c2c(-c3ccc(C)s3)sc(-c3ccc(-c4ccc5c(ccc6c7ccc8cc(C)ccc8c7sc56)c4)s3)c2C1=O. The van der Waals surface area contributed by atoms with Crippen LogP contribution in [0.15, 0.2) is 84.9 Å². The zero-order chi connectivity index (χ0) is 37.6. The average molecular weight is 796 g/mol. The fourth-order valence-electron chi connectivity index (χ4n) is 8.30. The fourth-order valence-corrected chi connectivity index (χ4v) is 13.1. The van der Waals surface area contributed by atoms with E-state index in [9.17, 15) is 9.59 Å². The average Bonchev–Trinajstić information content (AvgIpc) is 4.03. The Bertz CT molecular complexity index is 2740. The number of thiophene rings is 4. The monoisotopic (exact) mass is 795 g/mol. The van der Waals surface area contributed by atoms with Gasteiger partial charge in [0.25, 0.3) is 11.8 Å². The molecule has 0 saturated carbocycles. The minimum atomic E-state index is -0.127. The summed E-state index contributed by atoms with van der Waals surface area (Å²) >= 11 is 6.91. The molecule has 0 aliphatic carbocycles. The lowest BCUT2D eigenvalue weighted by Gasteiger charge is -2.14. The van der Waals surface area contributed by atoms with Crippen LogP contribution in [0.4, 0.5) is 0 Å². The van der Waals surface area contributed by atoms with Crippen molar-refractivity contribution >= 4 is 98.9 Å². The van der Waals surface area contributed by atoms with Gasteiger partial charge in [-0.2, -0.15) is 0 Å². The molecular formula is C48H45NO2S4. The maximum atomic E-state index is 14.1. The van der Waals surface area contributed by atoms with Gasteiger partial charge in [0, 0.05) is 46.2 Å². The number of nitrogens with zero attached hydrogens (tertiary/aromatic N) is 1. The quantitative estimate of drug-likeness (QED) is 0.0812. The van der Waals surface area contributed by atoms with Crippen molar-refractivity contribution in [2.45, 2.75) is 85.0 Å². The van der Waals surface area contributed by atoms with Gasteiger partial charge in [0.2, 0.25) is 0 Å². The van der Waals surface area contributed by atoms with Gasteiger partial charge in [0.05, 0.1) is 20.9 Å². The largest absolute Gasteiger partial charge is 0.274 e. The molecule has 0 fully saturated rings. The first-order chi connectivity index (χ1) is 26.9. The molecule has 0 atom stereocenters. The third-order valence-corrected chi connectivity index (χ3v) is 16.2. The highest BCUT2D eigenvalue weighted by atomic mass is 32.1. The molecule has 278 valence electrons. The van der Waals surface area contributed by atoms with E-state index in [4.69, 9.17) is 0 Å². The van der Waals surface area contributed by atoms with Crippen LogP contribution in [0, 0.1) is 13.8 Å². The minimum Gasteiger partial charge on any atom is -0.274 e. The number of fused-ring (bicyclic) bond motifs is 8. The molecule has 2 amide bonds. The summed E-state index contributed by atoms with van der Waals surface area (Å²) in [6.07, 6.45) is 12.2. The minimum absolute atomic E-state index is 0.124. The van der Waals surface area contributed by atoms with Gasteiger partial charge >= 0.3 is 0 Å². The van der Waals surface area contributed by atoms with Gasteiger partial charge in [-0.15, -0.1) is 45.3 Å². The molecule has 0 radical (unpaired) electrons. The van der Waals surface area contributed by atoms with E-state index in [-0.39, 0.29) is 11.8 Å². The van der Waals surface area contributed by atoms with E-state index in [0.717, 1.165) is 49.2 Å². The van der Waals surface area contributed by atoms with E-state index in [1.165, 1.54) is 102 Å². The summed E-state index contributed by atoms with van der Waals surface area (Å²) in [6.45, 7) is 7.00. The van der Waals surface area contributed by atoms with Crippen LogP contribution in [-0.2, 0) is 0 Å². The summed E-state index contributed by atoms with van der Waals surface area (Å²) in [6, 6.07) is 31.2. The number of hydrogen-bond donors (Lipinski definition) is 0. The zero-order valence-electron chi connectivity index (χ0n) is 31.8. The Morgan fingerprint density at radius 1 is 0.491 bits per heavy atom. The molecule has 9 rings (SSSR count). The Balaban J connectivity index is 0.985. The van der Waals surface area contributed by atoms with E-state index in [1.54, 1.807) is 34.0 Å². The molecular weight excluding hydrogens is 751 g/mol. The van der Waals surface area contributed by atoms with Crippen molar-refractivity contribution in [1.82, 2.24) is 4.90 Å². The summed E-state index contributed by atoms with van der Waals surface area (Å²) < 4.78 is 2.68. The maximum absolute atomic E-state index is 14.1. The van der Waals surface area contributed by atoms with Crippen LogP contribution in [-0.4, -0.2) is 23.3 Å². The van der Waals surface area contributed by atoms with Crippen molar-refractivity contribution in [3.63, 3.8) is 0 Å². The number of benzene rings is 4. The van der Waals surface area contributed by atoms with E-state index in [1.807, 2.05) is 11.3 Å². The molecule has 0 N–H and O–H groups in total. The first kappa shape index (κ1) is 36.5. The fraction of sp³-hybridized carbons (Fsp3) is 0.292. The molecule has 3 nitrogen and oxygen atoms in total. The molecule has 0 unspecified atom stereocenters. The molecule has 1 aliphatic heterocycles. The molecule has 0 bridgehead atoms. The van der Waals surface area contributed by atoms with Gasteiger partial charge in [-0.3, -0.25) is 14.5 Å². The van der Waals surface area contributed by atoms with Crippen molar-refractivity contribution < 1.29 is 9.59 Å². The lowest BCUT2D eigenvalue weighted by molar-refractivity contribution is 0.0652. The molecule has 5 heterocycles. The summed E-state index contributed by atoms with van der Waals surface area (Å²) in [5, 5.41) is 7.74. The predicted molar refractivity (Wildman–Crippen MR) is 241 cm³/mol. The highest BCUT2D eigenvalue weighted by Gasteiger charge is 2.42. The molecule has 4 aromatic carbocycles. The summed E-state index contributed by atoms with van der Waals surface area (Å²) in [7, 11) is 0. The Kier molecular flexibility index (Phi) is 10.2. The van der Waals surface area contributed by atoms with Gasteiger partial charge in [0.1, 0.15) is 0 Å². The highest BCUT2D eigenvalue weighted by Crippen LogP contribution is 2.50. The number of imide groups is 1. The Morgan fingerprint density at radius 2 is 1.04 bits per heavy atom. The molecule has 7 heteroatoms. The van der Waals surface area contributed by atoms with Crippen molar-refractivity contribution in [2.24, 2.45) is 0 Å². The van der Waals surface area contributed by atoms with E-state index >= 15 is 0 Å². The zero-order valence-corrected chi connectivity index (χ0v) is 35.0. The van der Waals surface area contributed by atoms with Crippen molar-refractivity contribution in [1.29, 1.82) is 0 Å². The summed E-state index contributed by atoms with van der Waals surface area (Å²) in [5.41, 5.74) is 3.66. The smallest absolute Gasteiger partial charge is 0.263 e. The Hall–Kier alpha value is -4.14. The second-order valence-corrected chi connectivity index (χ2v) is 19.6. The van der Waals surface area contributed by atoms with Crippen LogP contribution in [0.3, 0.4) is 0 Å². The molecule has 55 heavy (non-hydrogen) atoms. The molecule has 0 spiro atoms. The van der Waals surface area contributed by atoms with Crippen molar-refractivity contribution in [3.05, 3.63) is 106 Å². The lowest BCUT2D eigenvalue weighted by Crippen LogP contribution is -2.31. The predicted octanol–water partition coefficient (Wildman–Crippen LogP) is 15.7. The molecule has 1 aliphatic rings. The number of rotatable bonds is 14. The van der Waals surface area contributed by atoms with Crippen LogP contribution >= 0.6 is 45.3 Å². The lowest BCUT2D eigenvalue weighted by atomic mass is 10.0. The summed E-state index contributed by atoms with van der Waals surface area (Å²) in [5.74, 6) is -0.251. The third kappa shape index (κ3) is 6.77. The summed E-state index contributed by atoms with van der Waals surface area (Å²) in [4.78, 5) is 36.0. The van der Waals surface area contributed by atoms with Crippen LogP contribution in [0.5, 0.6) is 0 Å². The van der Waals surface area contributed by atoms with Crippen LogP contribution in [0.2, 0.25) is 0 Å². The Labute approximate surface area is 339 Å². The maximum Gasteiger partial charge on any atom is 0.263 e.